The van der Waals surface area contributed by atoms with Gasteiger partial charge in [0.15, 0.2) is 0 Å². The van der Waals surface area contributed by atoms with Gasteiger partial charge in [-0.15, -0.1) is 0 Å². The van der Waals surface area contributed by atoms with E-state index in [1.54, 1.807) is 6.21 Å². The zero-order valence-electron chi connectivity index (χ0n) is 7.15. The van der Waals surface area contributed by atoms with Crippen LogP contribution in [0.2, 0.25) is 0 Å². The first-order chi connectivity index (χ1) is 6.36. The number of rotatable bonds is 2. The van der Waals surface area contributed by atoms with E-state index in [1.807, 2.05) is 24.3 Å². The number of halogens is 1. The summed E-state index contributed by atoms with van der Waals surface area (Å²) in [6.45, 7) is 0. The second-order valence-electron chi connectivity index (χ2n) is 3.06. The molecule has 0 amide bonds. The van der Waals surface area contributed by atoms with Crippen molar-refractivity contribution in [2.75, 3.05) is 0 Å². The number of benzene rings is 1. The Morgan fingerprint density at radius 2 is 2.00 bits per heavy atom. The predicted molar refractivity (Wildman–Crippen MR) is 56.4 cm³/mol. The van der Waals surface area contributed by atoms with Gasteiger partial charge in [0.05, 0.1) is 6.04 Å². The molecule has 1 aromatic rings. The Balaban J connectivity index is 2.07. The lowest BCUT2D eigenvalue weighted by Crippen LogP contribution is -2.05. The molecule has 0 saturated heterocycles. The molecule has 0 N–H and O–H groups in total. The van der Waals surface area contributed by atoms with Crippen LogP contribution in [0, 0.1) is 0 Å². The minimum Gasteiger partial charge on any atom is -0.284 e. The maximum Gasteiger partial charge on any atom is 0.0895 e. The van der Waals surface area contributed by atoms with E-state index in [0.717, 1.165) is 11.5 Å². The smallest absolute Gasteiger partial charge is 0.0895 e. The van der Waals surface area contributed by atoms with Crippen LogP contribution in [0.4, 0.5) is 0 Å². The number of nitrogens with zero attached hydrogens (tertiary/aromatic N) is 1. The number of aliphatic imine (C=N–C) groups is 1. The summed E-state index contributed by atoms with van der Waals surface area (Å²) < 4.78 is 0. The van der Waals surface area contributed by atoms with Crippen LogP contribution in [-0.2, 0) is 6.42 Å². The Kier molecular flexibility index (Phi) is 2.46. The van der Waals surface area contributed by atoms with Gasteiger partial charge in [-0.2, -0.15) is 0 Å². The van der Waals surface area contributed by atoms with Gasteiger partial charge in [-0.05, 0) is 18.1 Å². The molecule has 0 bridgehead atoms. The van der Waals surface area contributed by atoms with Crippen LogP contribution in [0.25, 0.3) is 0 Å². The van der Waals surface area contributed by atoms with Crippen molar-refractivity contribution in [2.24, 2.45) is 4.99 Å². The summed E-state index contributed by atoms with van der Waals surface area (Å²) in [4.78, 5) is 4.26. The first-order valence-electron chi connectivity index (χ1n) is 4.29. The zero-order valence-corrected chi connectivity index (χ0v) is 7.91. The third-order valence-corrected chi connectivity index (χ3v) is 2.47. The second-order valence-corrected chi connectivity index (χ2v) is 3.49. The van der Waals surface area contributed by atoms with E-state index < -0.39 is 0 Å². The Morgan fingerprint density at radius 3 is 2.62 bits per heavy atom. The molecule has 0 radical (unpaired) electrons. The van der Waals surface area contributed by atoms with E-state index in [4.69, 9.17) is 11.6 Å². The highest BCUT2D eigenvalue weighted by Gasteiger charge is 2.13. The van der Waals surface area contributed by atoms with Gasteiger partial charge in [-0.1, -0.05) is 41.9 Å². The van der Waals surface area contributed by atoms with E-state index in [2.05, 4.69) is 17.1 Å². The quantitative estimate of drug-likeness (QED) is 0.682. The number of hydrogen-bond acceptors (Lipinski definition) is 1. The predicted octanol–water partition coefficient (Wildman–Crippen LogP) is 2.80. The molecular weight excluding hydrogens is 182 g/mol. The molecule has 2 rings (SSSR count). The zero-order chi connectivity index (χ0) is 9.10. The van der Waals surface area contributed by atoms with Gasteiger partial charge >= 0.3 is 0 Å². The standard InChI is InChI=1S/C11H10ClN/c12-10-6-7-13-11(10)8-9-4-2-1-3-5-9/h1-7,11H,8H2. The second kappa shape index (κ2) is 3.75. The van der Waals surface area contributed by atoms with E-state index in [0.29, 0.717) is 0 Å². The summed E-state index contributed by atoms with van der Waals surface area (Å²) in [7, 11) is 0. The molecule has 66 valence electrons. The summed E-state index contributed by atoms with van der Waals surface area (Å²) in [6, 6.07) is 10.4. The van der Waals surface area contributed by atoms with Crippen LogP contribution in [0.3, 0.4) is 0 Å². The molecule has 1 unspecified atom stereocenters. The average molecular weight is 192 g/mol. The fourth-order valence-electron chi connectivity index (χ4n) is 1.39. The molecule has 1 aliphatic rings. The van der Waals surface area contributed by atoms with Crippen molar-refractivity contribution in [1.82, 2.24) is 0 Å². The first-order valence-corrected chi connectivity index (χ1v) is 4.67. The van der Waals surface area contributed by atoms with E-state index in [9.17, 15) is 0 Å². The lowest BCUT2D eigenvalue weighted by atomic mass is 10.1. The van der Waals surface area contributed by atoms with E-state index in [-0.39, 0.29) is 6.04 Å². The van der Waals surface area contributed by atoms with Crippen LogP contribution in [0.15, 0.2) is 46.4 Å². The molecule has 0 spiro atoms. The molecule has 1 aromatic carbocycles. The number of allylic oxidation sites excluding steroid dienone is 1. The van der Waals surface area contributed by atoms with Crippen molar-refractivity contribution >= 4 is 17.8 Å². The number of hydrogen-bond donors (Lipinski definition) is 0. The Morgan fingerprint density at radius 1 is 1.23 bits per heavy atom. The van der Waals surface area contributed by atoms with Crippen LogP contribution < -0.4 is 0 Å². The van der Waals surface area contributed by atoms with Crippen LogP contribution in [0.5, 0.6) is 0 Å². The fraction of sp³-hybridized carbons (Fsp3) is 0.182. The average Bonchev–Trinajstić information content (AvgIpc) is 2.54. The molecule has 1 heterocycles. The summed E-state index contributed by atoms with van der Waals surface area (Å²) >= 11 is 5.96. The molecule has 0 fully saturated rings. The molecule has 1 atom stereocenters. The topological polar surface area (TPSA) is 12.4 Å². The van der Waals surface area contributed by atoms with Crippen LogP contribution >= 0.6 is 11.6 Å². The van der Waals surface area contributed by atoms with Gasteiger partial charge in [-0.3, -0.25) is 4.99 Å². The molecule has 1 nitrogen and oxygen atoms in total. The van der Waals surface area contributed by atoms with E-state index in [1.165, 1.54) is 5.56 Å². The summed E-state index contributed by atoms with van der Waals surface area (Å²) in [5, 5.41) is 0.837. The van der Waals surface area contributed by atoms with Crippen molar-refractivity contribution in [3.8, 4) is 0 Å². The molecule has 0 aromatic heterocycles. The molecular formula is C11H10ClN. The summed E-state index contributed by atoms with van der Waals surface area (Å²) in [6.07, 6.45) is 4.53. The Labute approximate surface area is 82.8 Å². The van der Waals surface area contributed by atoms with Gasteiger partial charge in [0.2, 0.25) is 0 Å². The normalized spacial score (nSPS) is 20.4. The molecule has 2 heteroatoms. The third kappa shape index (κ3) is 1.99. The highest BCUT2D eigenvalue weighted by Crippen LogP contribution is 2.19. The largest absolute Gasteiger partial charge is 0.284 e. The molecule has 0 aliphatic carbocycles. The lowest BCUT2D eigenvalue weighted by Gasteiger charge is -2.06. The van der Waals surface area contributed by atoms with E-state index >= 15 is 0 Å². The third-order valence-electron chi connectivity index (χ3n) is 2.09. The molecule has 13 heavy (non-hydrogen) atoms. The maximum atomic E-state index is 5.96. The minimum atomic E-state index is 0.143. The Bertz CT molecular complexity index is 340. The monoisotopic (exact) mass is 191 g/mol. The molecule has 0 saturated carbocycles. The maximum absolute atomic E-state index is 5.96. The van der Waals surface area contributed by atoms with Crippen molar-refractivity contribution in [1.29, 1.82) is 0 Å². The van der Waals surface area contributed by atoms with Crippen molar-refractivity contribution in [2.45, 2.75) is 12.5 Å². The highest BCUT2D eigenvalue weighted by molar-refractivity contribution is 6.32. The lowest BCUT2D eigenvalue weighted by molar-refractivity contribution is 0.815. The molecule has 1 aliphatic heterocycles. The fourth-order valence-corrected chi connectivity index (χ4v) is 1.58. The Hall–Kier alpha value is -1.08. The van der Waals surface area contributed by atoms with Crippen LogP contribution in [0.1, 0.15) is 5.56 Å². The van der Waals surface area contributed by atoms with Gasteiger partial charge in [-0.25, -0.2) is 0 Å². The van der Waals surface area contributed by atoms with Crippen LogP contribution in [-0.4, -0.2) is 12.3 Å². The first kappa shape index (κ1) is 8.52. The van der Waals surface area contributed by atoms with Gasteiger partial charge in [0.1, 0.15) is 0 Å². The van der Waals surface area contributed by atoms with Gasteiger partial charge in [0, 0.05) is 11.2 Å². The van der Waals surface area contributed by atoms with Crippen molar-refractivity contribution < 1.29 is 0 Å². The van der Waals surface area contributed by atoms with Gasteiger partial charge in [0.25, 0.3) is 0 Å². The summed E-state index contributed by atoms with van der Waals surface area (Å²) in [5.41, 5.74) is 1.28. The highest BCUT2D eigenvalue weighted by atomic mass is 35.5. The van der Waals surface area contributed by atoms with Crippen molar-refractivity contribution in [3.05, 3.63) is 47.0 Å². The minimum absolute atomic E-state index is 0.143. The SMILES string of the molecule is ClC1=CC=NC1Cc1ccccc1. The summed E-state index contributed by atoms with van der Waals surface area (Å²) in [5.74, 6) is 0. The van der Waals surface area contributed by atoms with Gasteiger partial charge < -0.3 is 0 Å². The van der Waals surface area contributed by atoms with Crippen molar-refractivity contribution in [3.63, 3.8) is 0 Å².